The maximum absolute atomic E-state index is 8.36. The molecule has 3 rings (SSSR count). The Labute approximate surface area is 162 Å². The van der Waals surface area contributed by atoms with Gasteiger partial charge in [-0.1, -0.05) is 25.8 Å². The van der Waals surface area contributed by atoms with Crippen LogP contribution in [0.2, 0.25) is 0 Å². The molecule has 0 saturated carbocycles. The Kier molecular flexibility index (Phi) is 9.25. The third-order valence-electron chi connectivity index (χ3n) is 5.32. The van der Waals surface area contributed by atoms with Crippen LogP contribution in [0.3, 0.4) is 0 Å². The minimum absolute atomic E-state index is 0.250. The predicted octanol–water partition coefficient (Wildman–Crippen LogP) is 3.70. The molecule has 27 heavy (non-hydrogen) atoms. The molecule has 0 amide bonds. The number of unbranched alkanes of at least 4 members (excludes halogenated alkanes) is 3. The Morgan fingerprint density at radius 2 is 1.89 bits per heavy atom. The lowest BCUT2D eigenvalue weighted by molar-refractivity contribution is -0.122. The molecule has 1 saturated heterocycles. The fourth-order valence-electron chi connectivity index (χ4n) is 3.84. The van der Waals surface area contributed by atoms with E-state index in [9.17, 15) is 0 Å². The van der Waals surface area contributed by atoms with Gasteiger partial charge in [0.2, 0.25) is 0 Å². The van der Waals surface area contributed by atoms with Crippen LogP contribution >= 0.6 is 0 Å². The van der Waals surface area contributed by atoms with E-state index >= 15 is 0 Å². The molecule has 2 aliphatic rings. The third kappa shape index (κ3) is 6.61. The van der Waals surface area contributed by atoms with Gasteiger partial charge in [-0.15, -0.1) is 0 Å². The molecule has 1 aliphatic heterocycles. The van der Waals surface area contributed by atoms with E-state index in [2.05, 4.69) is 22.9 Å². The molecule has 0 unspecified atom stereocenters. The summed E-state index contributed by atoms with van der Waals surface area (Å²) in [6, 6.07) is 0. The number of rotatable bonds is 9. The van der Waals surface area contributed by atoms with Gasteiger partial charge in [-0.25, -0.2) is 9.97 Å². The van der Waals surface area contributed by atoms with Crippen molar-refractivity contribution in [3.63, 3.8) is 0 Å². The number of aryl methyl sites for hydroxylation is 1. The molecule has 6 nitrogen and oxygen atoms in total. The number of carbonyl (C=O) groups is 1. The lowest BCUT2D eigenvalue weighted by Gasteiger charge is -2.14. The predicted molar refractivity (Wildman–Crippen MR) is 110 cm³/mol. The van der Waals surface area contributed by atoms with Crippen LogP contribution in [0.5, 0.6) is 0 Å². The van der Waals surface area contributed by atoms with Crippen LogP contribution in [0.4, 0.5) is 5.82 Å². The second-order valence-corrected chi connectivity index (χ2v) is 7.35. The molecule has 1 fully saturated rings. The number of anilines is 1. The first kappa shape index (κ1) is 21.4. The van der Waals surface area contributed by atoms with Crippen LogP contribution < -0.4 is 5.73 Å². The van der Waals surface area contributed by atoms with Gasteiger partial charge in [0.15, 0.2) is 0 Å². The molecule has 0 aromatic carbocycles. The molecule has 2 heterocycles. The number of nitrogens with two attached hydrogens (primary N) is 1. The van der Waals surface area contributed by atoms with Crippen LogP contribution in [0.1, 0.15) is 75.4 Å². The summed E-state index contributed by atoms with van der Waals surface area (Å²) in [5.41, 5.74) is 9.87. The average Bonchev–Trinajstić information content (AvgIpc) is 3.31. The molecule has 6 heteroatoms. The number of allylic oxidation sites excluding steroid dienone is 2. The highest BCUT2D eigenvalue weighted by molar-refractivity contribution is 5.73. The number of likely N-dealkylation sites (tertiary alicyclic amines) is 1. The number of nitrogens with zero attached hydrogens (tertiary/aromatic N) is 3. The summed E-state index contributed by atoms with van der Waals surface area (Å²) in [6.45, 7) is 5.86. The number of nitrogen functional groups attached to an aromatic ring is 1. The normalized spacial score (nSPS) is 15.8. The zero-order valence-corrected chi connectivity index (χ0v) is 16.6. The highest BCUT2D eigenvalue weighted by Gasteiger charge is 2.20. The van der Waals surface area contributed by atoms with Crippen LogP contribution in [0.15, 0.2) is 6.08 Å². The second-order valence-electron chi connectivity index (χ2n) is 7.35. The van der Waals surface area contributed by atoms with E-state index in [-0.39, 0.29) is 6.47 Å². The third-order valence-corrected chi connectivity index (χ3v) is 5.32. The minimum Gasteiger partial charge on any atom is -0.483 e. The van der Waals surface area contributed by atoms with Gasteiger partial charge in [-0.3, -0.25) is 4.79 Å². The lowest BCUT2D eigenvalue weighted by atomic mass is 10.1. The number of fused-ring (bicyclic) bond motifs is 1. The summed E-state index contributed by atoms with van der Waals surface area (Å²) in [4.78, 5) is 20.3. The summed E-state index contributed by atoms with van der Waals surface area (Å²) in [5, 5.41) is 6.89. The van der Waals surface area contributed by atoms with Gasteiger partial charge in [0, 0.05) is 12.0 Å². The van der Waals surface area contributed by atoms with Crippen molar-refractivity contribution in [3.05, 3.63) is 23.2 Å². The number of hydrogen-bond donors (Lipinski definition) is 2. The lowest BCUT2D eigenvalue weighted by Crippen LogP contribution is -2.20. The first-order valence-electron chi connectivity index (χ1n) is 10.3. The van der Waals surface area contributed by atoms with Gasteiger partial charge in [0.25, 0.3) is 6.47 Å². The van der Waals surface area contributed by atoms with Crippen molar-refractivity contribution in [1.29, 1.82) is 0 Å². The summed E-state index contributed by atoms with van der Waals surface area (Å²) in [5.74, 6) is 1.63. The first-order valence-corrected chi connectivity index (χ1v) is 10.3. The minimum atomic E-state index is -0.250. The molecule has 0 spiro atoms. The average molecular weight is 375 g/mol. The van der Waals surface area contributed by atoms with Crippen LogP contribution in [-0.2, 0) is 17.6 Å². The van der Waals surface area contributed by atoms with Crippen LogP contribution in [-0.4, -0.2) is 46.1 Å². The summed E-state index contributed by atoms with van der Waals surface area (Å²) in [6.07, 6.45) is 14.3. The Hall–Kier alpha value is -1.95. The van der Waals surface area contributed by atoms with E-state index in [0.717, 1.165) is 42.8 Å². The van der Waals surface area contributed by atoms with Crippen molar-refractivity contribution in [3.8, 4) is 0 Å². The maximum Gasteiger partial charge on any atom is 0.290 e. The van der Waals surface area contributed by atoms with Gasteiger partial charge in [-0.2, -0.15) is 0 Å². The summed E-state index contributed by atoms with van der Waals surface area (Å²) in [7, 11) is 0. The molecule has 0 atom stereocenters. The standard InChI is InChI=1S/C20H32N4.CH2O2/c1-2-3-10-18-22-19-16(11-12-17(19)20(21)23-18)9-5-4-6-13-24-14-7-8-15-24;2-1-3/h11H,2-10,12-15H2,1H3,(H2,21,22,23);1H,(H,2,3). The first-order chi connectivity index (χ1) is 13.2. The molecule has 3 N–H and O–H groups in total. The SMILES string of the molecule is CCCCc1nc(N)c2c(n1)C(CCCCCN1CCCC1)=CC2.O=CO. The molecule has 150 valence electrons. The number of aromatic nitrogens is 2. The van der Waals surface area contributed by atoms with Crippen LogP contribution in [0.25, 0.3) is 5.57 Å². The van der Waals surface area contributed by atoms with Gasteiger partial charge >= 0.3 is 0 Å². The van der Waals surface area contributed by atoms with E-state index in [1.54, 1.807) is 0 Å². The topological polar surface area (TPSA) is 92.3 Å². The van der Waals surface area contributed by atoms with Crippen LogP contribution in [0, 0.1) is 0 Å². The Bertz CT molecular complexity index is 625. The zero-order chi connectivity index (χ0) is 19.5. The van der Waals surface area contributed by atoms with Crippen molar-refractivity contribution in [1.82, 2.24) is 14.9 Å². The molecule has 0 radical (unpaired) electrons. The zero-order valence-electron chi connectivity index (χ0n) is 16.6. The molecular formula is C21H34N4O2. The van der Waals surface area contributed by atoms with Gasteiger partial charge < -0.3 is 15.7 Å². The van der Waals surface area contributed by atoms with E-state index in [0.29, 0.717) is 5.82 Å². The van der Waals surface area contributed by atoms with E-state index in [1.165, 1.54) is 63.7 Å². The van der Waals surface area contributed by atoms with Crippen molar-refractivity contribution in [2.24, 2.45) is 0 Å². The van der Waals surface area contributed by atoms with Gasteiger partial charge in [0.1, 0.15) is 11.6 Å². The monoisotopic (exact) mass is 374 g/mol. The fraction of sp³-hybridized carbons (Fsp3) is 0.667. The molecular weight excluding hydrogens is 340 g/mol. The Balaban J connectivity index is 0.000000817. The van der Waals surface area contributed by atoms with Crippen molar-refractivity contribution in [2.75, 3.05) is 25.4 Å². The molecule has 1 aromatic rings. The maximum atomic E-state index is 8.36. The summed E-state index contributed by atoms with van der Waals surface area (Å²) < 4.78 is 0. The summed E-state index contributed by atoms with van der Waals surface area (Å²) >= 11 is 0. The largest absolute Gasteiger partial charge is 0.483 e. The van der Waals surface area contributed by atoms with E-state index in [1.807, 2.05) is 0 Å². The van der Waals surface area contributed by atoms with E-state index < -0.39 is 0 Å². The number of carboxylic acid groups (broad SMARTS) is 1. The van der Waals surface area contributed by atoms with Crippen molar-refractivity contribution < 1.29 is 9.90 Å². The van der Waals surface area contributed by atoms with Gasteiger partial charge in [0.05, 0.1) is 5.69 Å². The van der Waals surface area contributed by atoms with Crippen molar-refractivity contribution in [2.45, 2.75) is 71.1 Å². The molecule has 1 aromatic heterocycles. The second kappa shape index (κ2) is 11.7. The number of hydrogen-bond acceptors (Lipinski definition) is 5. The van der Waals surface area contributed by atoms with E-state index in [4.69, 9.17) is 20.6 Å². The van der Waals surface area contributed by atoms with Gasteiger partial charge in [-0.05, 0) is 70.2 Å². The Morgan fingerprint density at radius 3 is 2.59 bits per heavy atom. The highest BCUT2D eigenvalue weighted by atomic mass is 16.3. The fourth-order valence-corrected chi connectivity index (χ4v) is 3.84. The highest BCUT2D eigenvalue weighted by Crippen LogP contribution is 2.32. The molecule has 0 bridgehead atoms. The smallest absolute Gasteiger partial charge is 0.290 e. The quantitative estimate of drug-likeness (QED) is 0.506. The molecule has 1 aliphatic carbocycles. The van der Waals surface area contributed by atoms with Crippen molar-refractivity contribution >= 4 is 17.9 Å². The Morgan fingerprint density at radius 1 is 1.15 bits per heavy atom.